The monoisotopic (exact) mass is 169 g/mol. The van der Waals surface area contributed by atoms with E-state index in [4.69, 9.17) is 4.74 Å². The third-order valence-electron chi connectivity index (χ3n) is 3.06. The molecule has 2 heterocycles. The van der Waals surface area contributed by atoms with E-state index in [0.717, 1.165) is 19.1 Å². The second-order valence-electron chi connectivity index (χ2n) is 4.06. The van der Waals surface area contributed by atoms with Crippen molar-refractivity contribution in [3.8, 4) is 0 Å². The van der Waals surface area contributed by atoms with Crippen molar-refractivity contribution in [2.24, 2.45) is 5.92 Å². The SMILES string of the molecule is C1CCN(CC2CCOCC2)C1. The van der Waals surface area contributed by atoms with Crippen LogP contribution in [-0.2, 0) is 4.74 Å². The van der Waals surface area contributed by atoms with E-state index in [1.807, 2.05) is 0 Å². The number of nitrogens with zero attached hydrogens (tertiary/aromatic N) is 1. The number of ether oxygens (including phenoxy) is 1. The molecular formula is C10H19NO. The molecule has 12 heavy (non-hydrogen) atoms. The van der Waals surface area contributed by atoms with Crippen LogP contribution in [0.15, 0.2) is 0 Å². The first kappa shape index (κ1) is 8.52. The van der Waals surface area contributed by atoms with Crippen molar-refractivity contribution >= 4 is 0 Å². The maximum Gasteiger partial charge on any atom is 0.0469 e. The lowest BCUT2D eigenvalue weighted by Gasteiger charge is -2.26. The van der Waals surface area contributed by atoms with Gasteiger partial charge in [-0.15, -0.1) is 0 Å². The number of hydrogen-bond donors (Lipinski definition) is 0. The van der Waals surface area contributed by atoms with Gasteiger partial charge in [-0.25, -0.2) is 0 Å². The fourth-order valence-corrected chi connectivity index (χ4v) is 2.26. The van der Waals surface area contributed by atoms with Crippen LogP contribution in [0, 0.1) is 5.92 Å². The first-order valence-corrected chi connectivity index (χ1v) is 5.25. The minimum atomic E-state index is 0.928. The van der Waals surface area contributed by atoms with Crippen molar-refractivity contribution in [3.05, 3.63) is 0 Å². The van der Waals surface area contributed by atoms with Crippen molar-refractivity contribution in [2.45, 2.75) is 25.7 Å². The molecule has 0 aromatic rings. The van der Waals surface area contributed by atoms with Crippen LogP contribution in [-0.4, -0.2) is 37.7 Å². The topological polar surface area (TPSA) is 12.5 Å². The summed E-state index contributed by atoms with van der Waals surface area (Å²) in [5, 5.41) is 0. The predicted octanol–water partition coefficient (Wildman–Crippen LogP) is 1.51. The van der Waals surface area contributed by atoms with Gasteiger partial charge in [0.1, 0.15) is 0 Å². The molecule has 70 valence electrons. The summed E-state index contributed by atoms with van der Waals surface area (Å²) in [5.74, 6) is 0.928. The molecule has 0 aromatic carbocycles. The molecule has 0 spiro atoms. The summed E-state index contributed by atoms with van der Waals surface area (Å²) >= 11 is 0. The minimum absolute atomic E-state index is 0.928. The Labute approximate surface area is 74.9 Å². The Morgan fingerprint density at radius 3 is 2.42 bits per heavy atom. The smallest absolute Gasteiger partial charge is 0.0469 e. The van der Waals surface area contributed by atoms with Crippen molar-refractivity contribution < 1.29 is 4.74 Å². The second kappa shape index (κ2) is 4.24. The molecule has 2 saturated heterocycles. The normalized spacial score (nSPS) is 28.0. The summed E-state index contributed by atoms with van der Waals surface area (Å²) in [7, 11) is 0. The van der Waals surface area contributed by atoms with Gasteiger partial charge in [0.15, 0.2) is 0 Å². The first-order valence-electron chi connectivity index (χ1n) is 5.25. The summed E-state index contributed by atoms with van der Waals surface area (Å²) in [6, 6.07) is 0. The van der Waals surface area contributed by atoms with Crippen LogP contribution >= 0.6 is 0 Å². The third kappa shape index (κ3) is 2.20. The Morgan fingerprint density at radius 1 is 1.08 bits per heavy atom. The van der Waals surface area contributed by atoms with Crippen LogP contribution in [0.2, 0.25) is 0 Å². The van der Waals surface area contributed by atoms with Crippen molar-refractivity contribution in [3.63, 3.8) is 0 Å². The van der Waals surface area contributed by atoms with Crippen LogP contribution < -0.4 is 0 Å². The zero-order valence-electron chi connectivity index (χ0n) is 7.80. The molecule has 0 atom stereocenters. The van der Waals surface area contributed by atoms with E-state index in [-0.39, 0.29) is 0 Å². The summed E-state index contributed by atoms with van der Waals surface area (Å²) in [5.41, 5.74) is 0. The quantitative estimate of drug-likeness (QED) is 0.621. The molecule has 0 aromatic heterocycles. The van der Waals surface area contributed by atoms with E-state index < -0.39 is 0 Å². The maximum atomic E-state index is 5.35. The summed E-state index contributed by atoms with van der Waals surface area (Å²) in [6.07, 6.45) is 5.42. The molecule has 2 fully saturated rings. The molecule has 0 radical (unpaired) electrons. The van der Waals surface area contributed by atoms with Gasteiger partial charge < -0.3 is 9.64 Å². The van der Waals surface area contributed by atoms with E-state index in [9.17, 15) is 0 Å². The Balaban J connectivity index is 1.69. The number of hydrogen-bond acceptors (Lipinski definition) is 2. The van der Waals surface area contributed by atoms with Crippen molar-refractivity contribution in [1.82, 2.24) is 4.90 Å². The molecule has 2 heteroatoms. The van der Waals surface area contributed by atoms with Crippen LogP contribution in [0.25, 0.3) is 0 Å². The maximum absolute atomic E-state index is 5.35. The molecular weight excluding hydrogens is 150 g/mol. The second-order valence-corrected chi connectivity index (χ2v) is 4.06. The van der Waals surface area contributed by atoms with Gasteiger partial charge in [-0.2, -0.15) is 0 Å². The first-order chi connectivity index (χ1) is 5.95. The van der Waals surface area contributed by atoms with Crippen molar-refractivity contribution in [1.29, 1.82) is 0 Å². The molecule has 0 N–H and O–H groups in total. The highest BCUT2D eigenvalue weighted by atomic mass is 16.5. The fraction of sp³-hybridized carbons (Fsp3) is 1.00. The molecule has 0 saturated carbocycles. The molecule has 0 unspecified atom stereocenters. The van der Waals surface area contributed by atoms with Gasteiger partial charge in [0.2, 0.25) is 0 Å². The Morgan fingerprint density at radius 2 is 1.75 bits per heavy atom. The van der Waals surface area contributed by atoms with Crippen LogP contribution in [0.4, 0.5) is 0 Å². The Hall–Kier alpha value is -0.0800. The minimum Gasteiger partial charge on any atom is -0.381 e. The van der Waals surface area contributed by atoms with E-state index in [2.05, 4.69) is 4.90 Å². The van der Waals surface area contributed by atoms with E-state index in [0.29, 0.717) is 0 Å². The van der Waals surface area contributed by atoms with Crippen LogP contribution in [0.5, 0.6) is 0 Å². The third-order valence-corrected chi connectivity index (χ3v) is 3.06. The predicted molar refractivity (Wildman–Crippen MR) is 49.2 cm³/mol. The fourth-order valence-electron chi connectivity index (χ4n) is 2.26. The summed E-state index contributed by atoms with van der Waals surface area (Å²) in [6.45, 7) is 6.02. The van der Waals surface area contributed by atoms with Gasteiger partial charge in [-0.3, -0.25) is 0 Å². The Bertz CT molecular complexity index is 126. The highest BCUT2D eigenvalue weighted by Crippen LogP contribution is 2.18. The lowest BCUT2D eigenvalue weighted by atomic mass is 10.00. The summed E-state index contributed by atoms with van der Waals surface area (Å²) < 4.78 is 5.35. The highest BCUT2D eigenvalue weighted by molar-refractivity contribution is 4.72. The highest BCUT2D eigenvalue weighted by Gasteiger charge is 2.19. The van der Waals surface area contributed by atoms with Crippen LogP contribution in [0.1, 0.15) is 25.7 Å². The molecule has 2 rings (SSSR count). The van der Waals surface area contributed by atoms with Gasteiger partial charge >= 0.3 is 0 Å². The van der Waals surface area contributed by atoms with Crippen LogP contribution in [0.3, 0.4) is 0 Å². The standard InChI is InChI=1S/C10H19NO/c1-2-6-11(5-1)9-10-3-7-12-8-4-10/h10H,1-9H2. The van der Waals surface area contributed by atoms with Gasteiger partial charge in [0.25, 0.3) is 0 Å². The largest absolute Gasteiger partial charge is 0.381 e. The average Bonchev–Trinajstić information content (AvgIpc) is 2.59. The zero-order valence-corrected chi connectivity index (χ0v) is 7.80. The number of rotatable bonds is 2. The lowest BCUT2D eigenvalue weighted by Crippen LogP contribution is -2.30. The van der Waals surface area contributed by atoms with Gasteiger partial charge in [-0.1, -0.05) is 0 Å². The van der Waals surface area contributed by atoms with E-state index in [1.54, 1.807) is 0 Å². The van der Waals surface area contributed by atoms with E-state index in [1.165, 1.54) is 45.3 Å². The molecule has 0 bridgehead atoms. The molecule has 2 aliphatic rings. The van der Waals surface area contributed by atoms with Crippen molar-refractivity contribution in [2.75, 3.05) is 32.8 Å². The summed E-state index contributed by atoms with van der Waals surface area (Å²) in [4.78, 5) is 2.62. The average molecular weight is 169 g/mol. The molecule has 0 amide bonds. The lowest BCUT2D eigenvalue weighted by molar-refractivity contribution is 0.0555. The molecule has 2 aliphatic heterocycles. The molecule has 0 aliphatic carbocycles. The van der Waals surface area contributed by atoms with Gasteiger partial charge in [0, 0.05) is 19.8 Å². The number of likely N-dealkylation sites (tertiary alicyclic amines) is 1. The Kier molecular flexibility index (Phi) is 3.01. The molecule has 2 nitrogen and oxygen atoms in total. The zero-order chi connectivity index (χ0) is 8.23. The van der Waals surface area contributed by atoms with Gasteiger partial charge in [0.05, 0.1) is 0 Å². The van der Waals surface area contributed by atoms with E-state index >= 15 is 0 Å². The van der Waals surface area contributed by atoms with Gasteiger partial charge in [-0.05, 0) is 44.7 Å².